The predicted octanol–water partition coefficient (Wildman–Crippen LogP) is 1.29. The van der Waals surface area contributed by atoms with Gasteiger partial charge in [-0.25, -0.2) is 9.86 Å². The molecular weight excluding hydrogens is 264 g/mol. The third kappa shape index (κ3) is 3.92. The summed E-state index contributed by atoms with van der Waals surface area (Å²) in [6.45, 7) is 0.377. The number of nitrogens with zero attached hydrogens (tertiary/aromatic N) is 1. The number of carbonyl (C=O) groups is 1. The Kier molecular flexibility index (Phi) is 5.92. The number of hydrogen-bond donors (Lipinski definition) is 2. The first-order chi connectivity index (χ1) is 9.53. The molecule has 0 bridgehead atoms. The lowest BCUT2D eigenvalue weighted by atomic mass is 10.1. The van der Waals surface area contributed by atoms with Crippen molar-refractivity contribution in [3.63, 3.8) is 0 Å². The Morgan fingerprint density at radius 3 is 2.15 bits per heavy atom. The number of methoxy groups -OCH3 is 3. The summed E-state index contributed by atoms with van der Waals surface area (Å²) in [5, 5.41) is 12.0. The molecular formula is C13H20N2O5. The molecule has 2 amide bonds. The normalized spacial score (nSPS) is 9.85. The van der Waals surface area contributed by atoms with Gasteiger partial charge in [-0.15, -0.1) is 0 Å². The second kappa shape index (κ2) is 7.44. The number of rotatable bonds is 6. The van der Waals surface area contributed by atoms with Crippen molar-refractivity contribution < 1.29 is 24.2 Å². The van der Waals surface area contributed by atoms with Crippen molar-refractivity contribution in [2.45, 2.75) is 6.42 Å². The fourth-order valence-electron chi connectivity index (χ4n) is 1.71. The second-order valence-corrected chi connectivity index (χ2v) is 4.04. The summed E-state index contributed by atoms with van der Waals surface area (Å²) in [7, 11) is 5.89. The van der Waals surface area contributed by atoms with Crippen molar-refractivity contribution in [2.75, 3.05) is 34.9 Å². The molecule has 0 radical (unpaired) electrons. The van der Waals surface area contributed by atoms with Crippen LogP contribution in [0.25, 0.3) is 0 Å². The van der Waals surface area contributed by atoms with Crippen LogP contribution in [-0.4, -0.2) is 51.2 Å². The highest BCUT2D eigenvalue weighted by molar-refractivity contribution is 5.72. The van der Waals surface area contributed by atoms with Crippen molar-refractivity contribution >= 4 is 6.03 Å². The summed E-state index contributed by atoms with van der Waals surface area (Å²) in [6.07, 6.45) is 0.566. The van der Waals surface area contributed by atoms with Crippen LogP contribution in [-0.2, 0) is 6.42 Å². The summed E-state index contributed by atoms with van der Waals surface area (Å²) in [6, 6.07) is 3.07. The molecule has 0 aliphatic carbocycles. The zero-order valence-corrected chi connectivity index (χ0v) is 12.1. The zero-order chi connectivity index (χ0) is 15.1. The number of hydroxylamine groups is 2. The maximum absolute atomic E-state index is 11.2. The SMILES string of the molecule is COc1cc(CCNC(=O)N(C)O)cc(OC)c1OC. The molecule has 1 aromatic carbocycles. The highest BCUT2D eigenvalue weighted by atomic mass is 16.5. The van der Waals surface area contributed by atoms with Crippen LogP contribution in [0.5, 0.6) is 17.2 Å². The molecule has 0 saturated heterocycles. The summed E-state index contributed by atoms with van der Waals surface area (Å²) < 4.78 is 15.7. The van der Waals surface area contributed by atoms with Crippen molar-refractivity contribution in [3.05, 3.63) is 17.7 Å². The molecule has 7 nitrogen and oxygen atoms in total. The second-order valence-electron chi connectivity index (χ2n) is 4.04. The Labute approximate surface area is 118 Å². The highest BCUT2D eigenvalue weighted by Gasteiger charge is 2.13. The molecule has 7 heteroatoms. The minimum Gasteiger partial charge on any atom is -0.493 e. The fraction of sp³-hybridized carbons (Fsp3) is 0.462. The van der Waals surface area contributed by atoms with Gasteiger partial charge in [0.05, 0.1) is 21.3 Å². The van der Waals surface area contributed by atoms with Crippen LogP contribution < -0.4 is 19.5 Å². The van der Waals surface area contributed by atoms with E-state index >= 15 is 0 Å². The standard InChI is InChI=1S/C13H20N2O5/c1-15(17)13(16)14-6-5-9-7-10(18-2)12(20-4)11(8-9)19-3/h7-8,17H,5-6H2,1-4H3,(H,14,16). The van der Waals surface area contributed by atoms with Crippen LogP contribution in [0.4, 0.5) is 4.79 Å². The molecule has 112 valence electrons. The van der Waals surface area contributed by atoms with Gasteiger partial charge in [0.2, 0.25) is 5.75 Å². The Morgan fingerprint density at radius 1 is 1.20 bits per heavy atom. The maximum atomic E-state index is 11.2. The van der Waals surface area contributed by atoms with Crippen LogP contribution >= 0.6 is 0 Å². The van der Waals surface area contributed by atoms with E-state index in [0.29, 0.717) is 35.3 Å². The van der Waals surface area contributed by atoms with E-state index in [4.69, 9.17) is 19.4 Å². The quantitative estimate of drug-likeness (QED) is 0.607. The Balaban J connectivity index is 2.78. The number of urea groups is 1. The van der Waals surface area contributed by atoms with Gasteiger partial charge in [-0.05, 0) is 24.1 Å². The lowest BCUT2D eigenvalue weighted by Crippen LogP contribution is -2.36. The van der Waals surface area contributed by atoms with Gasteiger partial charge in [-0.2, -0.15) is 0 Å². The van der Waals surface area contributed by atoms with Crippen LogP contribution in [0.1, 0.15) is 5.56 Å². The molecule has 0 aliphatic rings. The van der Waals surface area contributed by atoms with Crippen LogP contribution in [0.15, 0.2) is 12.1 Å². The van der Waals surface area contributed by atoms with Crippen LogP contribution in [0.3, 0.4) is 0 Å². The molecule has 0 aromatic heterocycles. The summed E-state index contributed by atoms with van der Waals surface area (Å²) in [5.74, 6) is 1.65. The molecule has 1 rings (SSSR count). The Bertz CT molecular complexity index is 437. The first-order valence-electron chi connectivity index (χ1n) is 6.02. The van der Waals surface area contributed by atoms with Gasteiger partial charge in [-0.1, -0.05) is 0 Å². The topological polar surface area (TPSA) is 80.3 Å². The van der Waals surface area contributed by atoms with Gasteiger partial charge in [-0.3, -0.25) is 5.21 Å². The lowest BCUT2D eigenvalue weighted by Gasteiger charge is -2.14. The molecule has 2 N–H and O–H groups in total. The number of amides is 2. The molecule has 0 saturated carbocycles. The number of benzene rings is 1. The monoisotopic (exact) mass is 284 g/mol. The van der Waals surface area contributed by atoms with E-state index < -0.39 is 6.03 Å². The summed E-state index contributed by atoms with van der Waals surface area (Å²) in [4.78, 5) is 11.2. The fourth-order valence-corrected chi connectivity index (χ4v) is 1.71. The molecule has 0 fully saturated rings. The molecule has 0 atom stereocenters. The first-order valence-corrected chi connectivity index (χ1v) is 6.02. The number of nitrogens with one attached hydrogen (secondary N) is 1. The largest absolute Gasteiger partial charge is 0.493 e. The number of carbonyl (C=O) groups excluding carboxylic acids is 1. The van der Waals surface area contributed by atoms with E-state index in [9.17, 15) is 4.79 Å². The highest BCUT2D eigenvalue weighted by Crippen LogP contribution is 2.38. The molecule has 0 heterocycles. The average molecular weight is 284 g/mol. The van der Waals surface area contributed by atoms with Crippen molar-refractivity contribution in [1.29, 1.82) is 0 Å². The lowest BCUT2D eigenvalue weighted by molar-refractivity contribution is -0.0181. The number of hydrogen-bond acceptors (Lipinski definition) is 5. The smallest absolute Gasteiger partial charge is 0.340 e. The molecule has 0 aliphatic heterocycles. The van der Waals surface area contributed by atoms with Gasteiger partial charge >= 0.3 is 6.03 Å². The van der Waals surface area contributed by atoms with E-state index in [0.717, 1.165) is 5.56 Å². The van der Waals surface area contributed by atoms with E-state index in [2.05, 4.69) is 5.32 Å². The van der Waals surface area contributed by atoms with E-state index in [1.807, 2.05) is 12.1 Å². The van der Waals surface area contributed by atoms with Gasteiger partial charge in [0.15, 0.2) is 11.5 Å². The van der Waals surface area contributed by atoms with Crippen molar-refractivity contribution in [3.8, 4) is 17.2 Å². The van der Waals surface area contributed by atoms with Gasteiger partial charge < -0.3 is 19.5 Å². The predicted molar refractivity (Wildman–Crippen MR) is 72.8 cm³/mol. The van der Waals surface area contributed by atoms with Crippen LogP contribution in [0.2, 0.25) is 0 Å². The third-order valence-electron chi connectivity index (χ3n) is 2.71. The van der Waals surface area contributed by atoms with Crippen LogP contribution in [0, 0.1) is 0 Å². The average Bonchev–Trinajstić information content (AvgIpc) is 2.45. The summed E-state index contributed by atoms with van der Waals surface area (Å²) in [5.41, 5.74) is 0.917. The van der Waals surface area contributed by atoms with Gasteiger partial charge in [0, 0.05) is 13.6 Å². The molecule has 0 unspecified atom stereocenters. The first kappa shape index (κ1) is 15.9. The minimum atomic E-state index is -0.558. The minimum absolute atomic E-state index is 0.377. The van der Waals surface area contributed by atoms with E-state index in [-0.39, 0.29) is 0 Å². The Morgan fingerprint density at radius 2 is 1.75 bits per heavy atom. The van der Waals surface area contributed by atoms with Gasteiger partial charge in [0.25, 0.3) is 0 Å². The number of ether oxygens (including phenoxy) is 3. The van der Waals surface area contributed by atoms with Gasteiger partial charge in [0.1, 0.15) is 0 Å². The third-order valence-corrected chi connectivity index (χ3v) is 2.71. The molecule has 20 heavy (non-hydrogen) atoms. The van der Waals surface area contributed by atoms with E-state index in [1.165, 1.54) is 14.2 Å². The van der Waals surface area contributed by atoms with E-state index in [1.54, 1.807) is 14.2 Å². The summed E-state index contributed by atoms with van der Waals surface area (Å²) >= 11 is 0. The van der Waals surface area contributed by atoms with Crippen molar-refractivity contribution in [1.82, 2.24) is 10.4 Å². The maximum Gasteiger partial charge on any atom is 0.340 e. The molecule has 1 aromatic rings. The Hall–Kier alpha value is -2.15. The van der Waals surface area contributed by atoms with Crippen molar-refractivity contribution in [2.24, 2.45) is 0 Å². The zero-order valence-electron chi connectivity index (χ0n) is 12.1. The molecule has 0 spiro atoms.